The molecule has 0 bridgehead atoms. The molecule has 2 aromatic carbocycles. The Kier molecular flexibility index (Phi) is 12.4. The van der Waals surface area contributed by atoms with Crippen molar-refractivity contribution in [2.45, 2.75) is 51.4 Å². The summed E-state index contributed by atoms with van der Waals surface area (Å²) in [5.74, 6) is 3.02. The Morgan fingerprint density at radius 2 is 0.933 bits per heavy atom. The van der Waals surface area contributed by atoms with Gasteiger partial charge in [0.1, 0.15) is 11.5 Å². The molecule has 0 saturated carbocycles. The van der Waals surface area contributed by atoms with Gasteiger partial charge in [-0.25, -0.2) is 0 Å². The molecule has 0 aromatic heterocycles. The maximum atomic E-state index is 12.7. The van der Waals surface area contributed by atoms with E-state index in [1.54, 1.807) is 0 Å². The highest BCUT2D eigenvalue weighted by Gasteiger charge is 2.09. The number of unbranched alkanes of at least 4 members (excludes halogenated alkanes) is 6. The average molecular weight is 451 g/mol. The summed E-state index contributed by atoms with van der Waals surface area (Å²) < 4.78 is 11.5. The Hall–Kier alpha value is -1.71. The largest absolute Gasteiger partial charge is 0.494 e. The van der Waals surface area contributed by atoms with Crippen LogP contribution in [0.4, 0.5) is 0 Å². The van der Waals surface area contributed by atoms with Crippen LogP contribution in [0.2, 0.25) is 0 Å². The number of ketones is 1. The maximum absolute atomic E-state index is 12.7. The number of rotatable bonds is 16. The predicted octanol–water partition coefficient (Wildman–Crippen LogP) is 7.27. The van der Waals surface area contributed by atoms with Gasteiger partial charge in [-0.2, -0.15) is 0 Å². The van der Waals surface area contributed by atoms with Crippen LogP contribution in [-0.4, -0.2) is 30.8 Å². The standard InChI is InChI=1S/C25H32Cl2O3/c26-17-5-1-3-7-19-29-23-13-9-21(10-14-23)25(28)22-11-15-24(16-12-22)30-20-8-4-2-6-18-27/h9-16H,1-8,17-20H2. The van der Waals surface area contributed by atoms with Gasteiger partial charge in [-0.1, -0.05) is 25.7 Å². The minimum atomic E-state index is -0.00440. The third kappa shape index (κ3) is 9.40. The van der Waals surface area contributed by atoms with E-state index in [1.165, 1.54) is 0 Å². The number of ether oxygens (including phenoxy) is 2. The predicted molar refractivity (Wildman–Crippen MR) is 126 cm³/mol. The van der Waals surface area contributed by atoms with Crippen molar-refractivity contribution in [3.63, 3.8) is 0 Å². The number of halogens is 2. The number of alkyl halides is 2. The van der Waals surface area contributed by atoms with Crippen LogP contribution >= 0.6 is 23.2 Å². The molecule has 0 N–H and O–H groups in total. The molecule has 2 aromatic rings. The molecule has 0 heterocycles. The molecular weight excluding hydrogens is 419 g/mol. The first-order valence-electron chi connectivity index (χ1n) is 10.9. The summed E-state index contributed by atoms with van der Waals surface area (Å²) in [7, 11) is 0. The fourth-order valence-corrected chi connectivity index (χ4v) is 3.43. The molecule has 0 radical (unpaired) electrons. The van der Waals surface area contributed by atoms with Gasteiger partial charge < -0.3 is 9.47 Å². The minimum Gasteiger partial charge on any atom is -0.494 e. The SMILES string of the molecule is O=C(c1ccc(OCCCCCCCl)cc1)c1ccc(OCCCCCCCl)cc1. The molecule has 0 aliphatic carbocycles. The fraction of sp³-hybridized carbons (Fsp3) is 0.480. The highest BCUT2D eigenvalue weighted by Crippen LogP contribution is 2.19. The lowest BCUT2D eigenvalue weighted by atomic mass is 10.0. The van der Waals surface area contributed by atoms with Crippen LogP contribution in [0.5, 0.6) is 11.5 Å². The lowest BCUT2D eigenvalue weighted by Gasteiger charge is -2.08. The molecule has 0 saturated heterocycles. The van der Waals surface area contributed by atoms with Gasteiger partial charge in [0.25, 0.3) is 0 Å². The van der Waals surface area contributed by atoms with Gasteiger partial charge in [0.15, 0.2) is 5.78 Å². The van der Waals surface area contributed by atoms with Crippen molar-refractivity contribution in [3.8, 4) is 11.5 Å². The van der Waals surface area contributed by atoms with Crippen molar-refractivity contribution >= 4 is 29.0 Å². The van der Waals surface area contributed by atoms with E-state index >= 15 is 0 Å². The van der Waals surface area contributed by atoms with E-state index in [9.17, 15) is 4.79 Å². The van der Waals surface area contributed by atoms with Crippen LogP contribution in [0, 0.1) is 0 Å². The van der Waals surface area contributed by atoms with Crippen molar-refractivity contribution in [2.24, 2.45) is 0 Å². The Balaban J connectivity index is 1.75. The second-order valence-corrected chi connectivity index (χ2v) is 8.04. The Morgan fingerprint density at radius 1 is 0.567 bits per heavy atom. The Labute approximate surface area is 190 Å². The van der Waals surface area contributed by atoms with Crippen LogP contribution < -0.4 is 9.47 Å². The summed E-state index contributed by atoms with van der Waals surface area (Å²) >= 11 is 11.3. The number of hydrogen-bond donors (Lipinski definition) is 0. The molecular formula is C25H32Cl2O3. The Morgan fingerprint density at radius 3 is 1.30 bits per heavy atom. The summed E-state index contributed by atoms with van der Waals surface area (Å²) in [5.41, 5.74) is 1.30. The summed E-state index contributed by atoms with van der Waals surface area (Å²) in [6, 6.07) is 14.7. The normalized spacial score (nSPS) is 10.7. The topological polar surface area (TPSA) is 35.5 Å². The minimum absolute atomic E-state index is 0.00440. The molecule has 2 rings (SSSR count). The first-order chi connectivity index (χ1) is 14.7. The van der Waals surface area contributed by atoms with Crippen LogP contribution in [0.1, 0.15) is 67.3 Å². The van der Waals surface area contributed by atoms with Gasteiger partial charge in [0.05, 0.1) is 13.2 Å². The third-order valence-electron chi connectivity index (χ3n) is 4.83. The molecule has 0 fully saturated rings. The molecule has 0 aliphatic rings. The molecule has 0 atom stereocenters. The summed E-state index contributed by atoms with van der Waals surface area (Å²) in [6.45, 7) is 1.37. The highest BCUT2D eigenvalue weighted by atomic mass is 35.5. The van der Waals surface area contributed by atoms with Gasteiger partial charge in [0, 0.05) is 22.9 Å². The molecule has 164 valence electrons. The van der Waals surface area contributed by atoms with Crippen molar-refractivity contribution in [2.75, 3.05) is 25.0 Å². The Bertz CT molecular complexity index is 653. The quantitative estimate of drug-likeness (QED) is 0.153. The number of hydrogen-bond acceptors (Lipinski definition) is 3. The second kappa shape index (κ2) is 15.1. The van der Waals surface area contributed by atoms with Crippen LogP contribution in [0.15, 0.2) is 48.5 Å². The zero-order valence-corrected chi connectivity index (χ0v) is 19.1. The van der Waals surface area contributed by atoms with Gasteiger partial charge in [-0.05, 0) is 74.2 Å². The number of carbonyl (C=O) groups excluding carboxylic acids is 1. The van der Waals surface area contributed by atoms with Gasteiger partial charge in [-0.3, -0.25) is 4.79 Å². The monoisotopic (exact) mass is 450 g/mol. The van der Waals surface area contributed by atoms with E-state index in [0.717, 1.165) is 74.6 Å². The van der Waals surface area contributed by atoms with Crippen LogP contribution in [0.3, 0.4) is 0 Å². The van der Waals surface area contributed by atoms with Crippen molar-refractivity contribution in [1.29, 1.82) is 0 Å². The molecule has 0 aliphatic heterocycles. The summed E-state index contributed by atoms with van der Waals surface area (Å²) in [4.78, 5) is 12.7. The number of benzene rings is 2. The average Bonchev–Trinajstić information content (AvgIpc) is 2.79. The van der Waals surface area contributed by atoms with E-state index in [2.05, 4.69) is 0 Å². The van der Waals surface area contributed by atoms with E-state index in [4.69, 9.17) is 32.7 Å². The van der Waals surface area contributed by atoms with Crippen LogP contribution in [-0.2, 0) is 0 Å². The lowest BCUT2D eigenvalue weighted by Crippen LogP contribution is -2.03. The molecule has 30 heavy (non-hydrogen) atoms. The highest BCUT2D eigenvalue weighted by molar-refractivity contribution is 6.18. The molecule has 0 unspecified atom stereocenters. The molecule has 0 amide bonds. The van der Waals surface area contributed by atoms with Gasteiger partial charge >= 0.3 is 0 Å². The van der Waals surface area contributed by atoms with Crippen LogP contribution in [0.25, 0.3) is 0 Å². The fourth-order valence-electron chi connectivity index (χ4n) is 3.05. The molecule has 5 heteroatoms. The maximum Gasteiger partial charge on any atom is 0.193 e. The second-order valence-electron chi connectivity index (χ2n) is 7.28. The summed E-state index contributed by atoms with van der Waals surface area (Å²) in [6.07, 6.45) is 8.66. The third-order valence-corrected chi connectivity index (χ3v) is 5.36. The summed E-state index contributed by atoms with van der Waals surface area (Å²) in [5, 5.41) is 0. The molecule has 3 nitrogen and oxygen atoms in total. The van der Waals surface area contributed by atoms with Crippen molar-refractivity contribution in [1.82, 2.24) is 0 Å². The first-order valence-corrected chi connectivity index (χ1v) is 11.9. The molecule has 0 spiro atoms. The smallest absolute Gasteiger partial charge is 0.193 e. The van der Waals surface area contributed by atoms with E-state index < -0.39 is 0 Å². The van der Waals surface area contributed by atoms with Gasteiger partial charge in [-0.15, -0.1) is 23.2 Å². The van der Waals surface area contributed by atoms with Crippen molar-refractivity contribution in [3.05, 3.63) is 59.7 Å². The van der Waals surface area contributed by atoms with E-state index in [0.29, 0.717) is 24.3 Å². The van der Waals surface area contributed by atoms with Crippen molar-refractivity contribution < 1.29 is 14.3 Å². The van der Waals surface area contributed by atoms with E-state index in [1.807, 2.05) is 48.5 Å². The van der Waals surface area contributed by atoms with Gasteiger partial charge in [0.2, 0.25) is 0 Å². The zero-order chi connectivity index (χ0) is 21.4. The lowest BCUT2D eigenvalue weighted by molar-refractivity contribution is 0.103. The van der Waals surface area contributed by atoms with E-state index in [-0.39, 0.29) is 5.78 Å². The zero-order valence-electron chi connectivity index (χ0n) is 17.6. The first kappa shape index (κ1) is 24.6. The number of carbonyl (C=O) groups is 1.